The number of fused-ring (bicyclic) bond motifs is 1. The van der Waals surface area contributed by atoms with Crippen LogP contribution in [0.2, 0.25) is 0 Å². The second-order valence-electron chi connectivity index (χ2n) is 4.17. The van der Waals surface area contributed by atoms with Crippen molar-refractivity contribution in [3.05, 3.63) is 42.1 Å². The first-order chi connectivity index (χ1) is 8.15. The van der Waals surface area contributed by atoms with Gasteiger partial charge in [0.05, 0.1) is 10.5 Å². The number of aromatic nitrogens is 1. The molecule has 0 aliphatic rings. The van der Waals surface area contributed by atoms with E-state index in [4.69, 9.17) is 18.0 Å². The molecule has 0 saturated heterocycles. The zero-order valence-electron chi connectivity index (χ0n) is 9.76. The van der Waals surface area contributed by atoms with Gasteiger partial charge in [0, 0.05) is 24.7 Å². The number of hydrogen-bond donors (Lipinski definition) is 1. The number of thiocarbonyl (C=S) groups is 1. The maximum Gasteiger partial charge on any atom is 0.0870 e. The molecule has 0 fully saturated rings. The van der Waals surface area contributed by atoms with Gasteiger partial charge in [0.1, 0.15) is 0 Å². The average molecular weight is 245 g/mol. The molecular weight excluding hydrogens is 230 g/mol. The molecule has 1 heterocycles. The monoisotopic (exact) mass is 245 g/mol. The molecule has 88 valence electrons. The number of benzene rings is 1. The van der Waals surface area contributed by atoms with Crippen molar-refractivity contribution in [1.29, 1.82) is 0 Å². The lowest BCUT2D eigenvalue weighted by molar-refractivity contribution is 0.374. The summed E-state index contributed by atoms with van der Waals surface area (Å²) in [6.45, 7) is 1.43. The summed E-state index contributed by atoms with van der Waals surface area (Å²) in [5.41, 5.74) is 7.70. The van der Waals surface area contributed by atoms with Crippen LogP contribution in [-0.4, -0.2) is 28.5 Å². The van der Waals surface area contributed by atoms with Gasteiger partial charge in [-0.1, -0.05) is 30.4 Å². The van der Waals surface area contributed by atoms with E-state index in [1.807, 2.05) is 31.4 Å². The van der Waals surface area contributed by atoms with Crippen molar-refractivity contribution in [1.82, 2.24) is 9.88 Å². The normalized spacial score (nSPS) is 10.9. The summed E-state index contributed by atoms with van der Waals surface area (Å²) in [5, 5.41) is 1.16. The van der Waals surface area contributed by atoms with E-state index in [1.54, 1.807) is 0 Å². The molecule has 0 radical (unpaired) electrons. The summed E-state index contributed by atoms with van der Waals surface area (Å²) in [7, 11) is 1.99. The Balaban J connectivity index is 2.16. The highest BCUT2D eigenvalue weighted by molar-refractivity contribution is 7.80. The molecule has 2 rings (SSSR count). The highest BCUT2D eigenvalue weighted by Gasteiger charge is 2.03. The van der Waals surface area contributed by atoms with E-state index in [0.717, 1.165) is 17.4 Å². The Hall–Kier alpha value is -1.52. The molecule has 0 aliphatic carbocycles. The van der Waals surface area contributed by atoms with Gasteiger partial charge >= 0.3 is 0 Å². The standard InChI is InChI=1S/C13H15N3S/c1-16(9-13(14)17)8-10-6-11-4-2-3-5-12(11)15-7-10/h2-7H,8-9H2,1H3,(H2,14,17). The summed E-state index contributed by atoms with van der Waals surface area (Å²) in [6.07, 6.45) is 1.90. The van der Waals surface area contributed by atoms with Gasteiger partial charge in [-0.25, -0.2) is 0 Å². The van der Waals surface area contributed by atoms with Crippen LogP contribution in [0.15, 0.2) is 36.5 Å². The number of likely N-dealkylation sites (N-methyl/N-ethyl adjacent to an activating group) is 1. The molecule has 0 spiro atoms. The average Bonchev–Trinajstić information content (AvgIpc) is 2.27. The molecule has 1 aromatic carbocycles. The summed E-state index contributed by atoms with van der Waals surface area (Å²) in [6, 6.07) is 10.2. The predicted octanol–water partition coefficient (Wildman–Crippen LogP) is 1.95. The van der Waals surface area contributed by atoms with Gasteiger partial charge in [0.15, 0.2) is 0 Å². The molecule has 0 saturated carbocycles. The van der Waals surface area contributed by atoms with E-state index >= 15 is 0 Å². The zero-order chi connectivity index (χ0) is 12.3. The molecule has 17 heavy (non-hydrogen) atoms. The fourth-order valence-electron chi connectivity index (χ4n) is 1.84. The maximum absolute atomic E-state index is 5.51. The fourth-order valence-corrected chi connectivity index (χ4v) is 2.06. The van der Waals surface area contributed by atoms with Crippen molar-refractivity contribution in [2.75, 3.05) is 13.6 Å². The van der Waals surface area contributed by atoms with E-state index in [1.165, 1.54) is 5.56 Å². The van der Waals surface area contributed by atoms with E-state index in [9.17, 15) is 0 Å². The van der Waals surface area contributed by atoms with Crippen LogP contribution >= 0.6 is 12.2 Å². The summed E-state index contributed by atoms with van der Waals surface area (Å²) >= 11 is 4.89. The fraction of sp³-hybridized carbons (Fsp3) is 0.231. The molecular formula is C13H15N3S. The number of hydrogen-bond acceptors (Lipinski definition) is 3. The van der Waals surface area contributed by atoms with Gasteiger partial charge < -0.3 is 5.73 Å². The van der Waals surface area contributed by atoms with Crippen molar-refractivity contribution >= 4 is 28.1 Å². The van der Waals surface area contributed by atoms with Crippen molar-refractivity contribution in [3.8, 4) is 0 Å². The molecule has 2 N–H and O–H groups in total. The SMILES string of the molecule is CN(CC(N)=S)Cc1cnc2ccccc2c1. The number of nitrogens with two attached hydrogens (primary N) is 1. The van der Waals surface area contributed by atoms with Gasteiger partial charge in [-0.05, 0) is 24.7 Å². The lowest BCUT2D eigenvalue weighted by Crippen LogP contribution is -2.28. The molecule has 0 atom stereocenters. The first-order valence-corrected chi connectivity index (χ1v) is 5.86. The quantitative estimate of drug-likeness (QED) is 0.836. The van der Waals surface area contributed by atoms with Crippen LogP contribution < -0.4 is 5.73 Å². The number of rotatable bonds is 4. The molecule has 4 heteroatoms. The van der Waals surface area contributed by atoms with Gasteiger partial charge in [0.2, 0.25) is 0 Å². The minimum Gasteiger partial charge on any atom is -0.392 e. The smallest absolute Gasteiger partial charge is 0.0870 e. The van der Waals surface area contributed by atoms with Crippen molar-refractivity contribution < 1.29 is 0 Å². The Morgan fingerprint density at radius 2 is 2.18 bits per heavy atom. The van der Waals surface area contributed by atoms with Crippen LogP contribution in [0.3, 0.4) is 0 Å². The first-order valence-electron chi connectivity index (χ1n) is 5.45. The summed E-state index contributed by atoms with van der Waals surface area (Å²) in [5.74, 6) is 0. The van der Waals surface area contributed by atoms with Crippen molar-refractivity contribution in [3.63, 3.8) is 0 Å². The molecule has 1 aromatic heterocycles. The van der Waals surface area contributed by atoms with Crippen LogP contribution in [0, 0.1) is 0 Å². The third kappa shape index (κ3) is 3.22. The first kappa shape index (κ1) is 12.0. The van der Waals surface area contributed by atoms with Crippen LogP contribution in [0.25, 0.3) is 10.9 Å². The highest BCUT2D eigenvalue weighted by atomic mass is 32.1. The largest absolute Gasteiger partial charge is 0.392 e. The van der Waals surface area contributed by atoms with Gasteiger partial charge in [-0.15, -0.1) is 0 Å². The Morgan fingerprint density at radius 3 is 2.94 bits per heavy atom. The second-order valence-corrected chi connectivity index (χ2v) is 4.70. The highest BCUT2D eigenvalue weighted by Crippen LogP contribution is 2.13. The summed E-state index contributed by atoms with van der Waals surface area (Å²) in [4.78, 5) is 7.02. The molecule has 0 amide bonds. The lowest BCUT2D eigenvalue weighted by atomic mass is 10.1. The van der Waals surface area contributed by atoms with Crippen LogP contribution in [0.4, 0.5) is 0 Å². The van der Waals surface area contributed by atoms with Crippen LogP contribution in [0.1, 0.15) is 5.56 Å². The van der Waals surface area contributed by atoms with E-state index in [-0.39, 0.29) is 0 Å². The van der Waals surface area contributed by atoms with Crippen LogP contribution in [0.5, 0.6) is 0 Å². The minimum absolute atomic E-state index is 0.515. The minimum atomic E-state index is 0.515. The van der Waals surface area contributed by atoms with Gasteiger partial charge in [-0.3, -0.25) is 9.88 Å². The van der Waals surface area contributed by atoms with E-state index < -0.39 is 0 Å². The second kappa shape index (κ2) is 5.21. The zero-order valence-corrected chi connectivity index (χ0v) is 10.6. The third-order valence-corrected chi connectivity index (χ3v) is 2.65. The molecule has 2 aromatic rings. The van der Waals surface area contributed by atoms with Gasteiger partial charge in [0.25, 0.3) is 0 Å². The Kier molecular flexibility index (Phi) is 3.66. The Morgan fingerprint density at radius 1 is 1.41 bits per heavy atom. The molecule has 0 unspecified atom stereocenters. The molecule has 0 bridgehead atoms. The molecule has 3 nitrogen and oxygen atoms in total. The van der Waals surface area contributed by atoms with Crippen molar-refractivity contribution in [2.45, 2.75) is 6.54 Å². The number of pyridine rings is 1. The maximum atomic E-state index is 5.51. The Bertz CT molecular complexity index is 539. The number of nitrogens with zero attached hydrogens (tertiary/aromatic N) is 2. The molecule has 0 aliphatic heterocycles. The number of para-hydroxylation sites is 1. The lowest BCUT2D eigenvalue weighted by Gasteiger charge is -2.15. The topological polar surface area (TPSA) is 42.1 Å². The van der Waals surface area contributed by atoms with Gasteiger partial charge in [-0.2, -0.15) is 0 Å². The third-order valence-electron chi connectivity index (χ3n) is 2.53. The van der Waals surface area contributed by atoms with E-state index in [0.29, 0.717) is 11.5 Å². The van der Waals surface area contributed by atoms with Crippen LogP contribution in [-0.2, 0) is 6.54 Å². The Labute approximate surface area is 106 Å². The summed E-state index contributed by atoms with van der Waals surface area (Å²) < 4.78 is 0. The van der Waals surface area contributed by atoms with Crippen molar-refractivity contribution in [2.24, 2.45) is 5.73 Å². The predicted molar refractivity (Wildman–Crippen MR) is 74.9 cm³/mol. The van der Waals surface area contributed by atoms with E-state index in [2.05, 4.69) is 22.0 Å².